The average molecular weight is 233 g/mol. The standard InChI is InChI=1S/C14H19NO2/c1-15(9-8-14(16)17-2)13-10-12(13)11-6-4-3-5-7-11/h3-7,12-13H,8-10H2,1-2H3/t12-,13+/m0/s1. The Hall–Kier alpha value is -1.35. The number of carbonyl (C=O) groups is 1. The van der Waals surface area contributed by atoms with E-state index < -0.39 is 0 Å². The maximum atomic E-state index is 11.1. The van der Waals surface area contributed by atoms with Gasteiger partial charge in [-0.3, -0.25) is 4.79 Å². The first-order valence-corrected chi connectivity index (χ1v) is 6.04. The van der Waals surface area contributed by atoms with E-state index >= 15 is 0 Å². The Morgan fingerprint density at radius 1 is 1.41 bits per heavy atom. The molecule has 0 N–H and O–H groups in total. The highest BCUT2D eigenvalue weighted by Crippen LogP contribution is 2.43. The van der Waals surface area contributed by atoms with Crippen molar-refractivity contribution in [2.24, 2.45) is 0 Å². The van der Waals surface area contributed by atoms with E-state index in [9.17, 15) is 4.79 Å². The molecule has 0 bridgehead atoms. The summed E-state index contributed by atoms with van der Waals surface area (Å²) in [5, 5.41) is 0. The quantitative estimate of drug-likeness (QED) is 0.729. The van der Waals surface area contributed by atoms with Crippen molar-refractivity contribution in [3.05, 3.63) is 35.9 Å². The molecule has 0 saturated heterocycles. The van der Waals surface area contributed by atoms with Crippen LogP contribution in [0, 0.1) is 0 Å². The lowest BCUT2D eigenvalue weighted by Crippen LogP contribution is -2.25. The maximum Gasteiger partial charge on any atom is 0.306 e. The minimum Gasteiger partial charge on any atom is -0.469 e. The molecular weight excluding hydrogens is 214 g/mol. The summed E-state index contributed by atoms with van der Waals surface area (Å²) in [5.74, 6) is 0.507. The maximum absolute atomic E-state index is 11.1. The van der Waals surface area contributed by atoms with Crippen LogP contribution in [-0.2, 0) is 9.53 Å². The fourth-order valence-electron chi connectivity index (χ4n) is 2.26. The SMILES string of the molecule is COC(=O)CCN(C)[C@@H]1C[C@H]1c1ccccc1. The molecule has 1 fully saturated rings. The summed E-state index contributed by atoms with van der Waals surface area (Å²) in [6.07, 6.45) is 1.67. The van der Waals surface area contributed by atoms with E-state index in [-0.39, 0.29) is 5.97 Å². The molecule has 0 radical (unpaired) electrons. The third-order valence-corrected chi connectivity index (χ3v) is 3.45. The summed E-state index contributed by atoms with van der Waals surface area (Å²) in [6.45, 7) is 0.778. The van der Waals surface area contributed by atoms with Crippen LogP contribution >= 0.6 is 0 Å². The number of hydrogen-bond acceptors (Lipinski definition) is 3. The van der Waals surface area contributed by atoms with Gasteiger partial charge in [0.25, 0.3) is 0 Å². The number of benzene rings is 1. The van der Waals surface area contributed by atoms with Crippen LogP contribution in [0.5, 0.6) is 0 Å². The Morgan fingerprint density at radius 3 is 2.76 bits per heavy atom. The molecule has 17 heavy (non-hydrogen) atoms. The summed E-state index contributed by atoms with van der Waals surface area (Å²) in [5.41, 5.74) is 1.41. The van der Waals surface area contributed by atoms with Gasteiger partial charge in [-0.1, -0.05) is 30.3 Å². The van der Waals surface area contributed by atoms with Crippen molar-refractivity contribution < 1.29 is 9.53 Å². The van der Waals surface area contributed by atoms with Gasteiger partial charge in [-0.05, 0) is 19.0 Å². The van der Waals surface area contributed by atoms with Crippen molar-refractivity contribution in [2.45, 2.75) is 24.8 Å². The van der Waals surface area contributed by atoms with Crippen LogP contribution in [0.15, 0.2) is 30.3 Å². The Labute approximate surface area is 102 Å². The molecule has 0 spiro atoms. The zero-order valence-electron chi connectivity index (χ0n) is 10.4. The van der Waals surface area contributed by atoms with Crippen LogP contribution in [0.2, 0.25) is 0 Å². The van der Waals surface area contributed by atoms with Gasteiger partial charge in [0.05, 0.1) is 13.5 Å². The largest absolute Gasteiger partial charge is 0.469 e. The van der Waals surface area contributed by atoms with Crippen molar-refractivity contribution in [1.82, 2.24) is 4.90 Å². The van der Waals surface area contributed by atoms with E-state index in [1.54, 1.807) is 0 Å². The fourth-order valence-corrected chi connectivity index (χ4v) is 2.26. The van der Waals surface area contributed by atoms with Crippen LogP contribution in [-0.4, -0.2) is 37.6 Å². The molecule has 1 aromatic rings. The number of ether oxygens (including phenoxy) is 1. The van der Waals surface area contributed by atoms with Gasteiger partial charge in [-0.15, -0.1) is 0 Å². The number of esters is 1. The van der Waals surface area contributed by atoms with Gasteiger partial charge in [0.15, 0.2) is 0 Å². The first kappa shape index (κ1) is 12.1. The van der Waals surface area contributed by atoms with Gasteiger partial charge in [-0.2, -0.15) is 0 Å². The van der Waals surface area contributed by atoms with Crippen LogP contribution in [0.1, 0.15) is 24.3 Å². The van der Waals surface area contributed by atoms with Gasteiger partial charge in [-0.25, -0.2) is 0 Å². The summed E-state index contributed by atoms with van der Waals surface area (Å²) in [4.78, 5) is 13.3. The van der Waals surface area contributed by atoms with Gasteiger partial charge in [0.2, 0.25) is 0 Å². The molecule has 2 rings (SSSR count). The van der Waals surface area contributed by atoms with E-state index in [0.29, 0.717) is 18.4 Å². The van der Waals surface area contributed by atoms with Gasteiger partial charge in [0, 0.05) is 18.5 Å². The topological polar surface area (TPSA) is 29.5 Å². The predicted octanol–water partition coefficient (Wildman–Crippen LogP) is 2.04. The molecule has 2 atom stereocenters. The highest BCUT2D eigenvalue weighted by Gasteiger charge is 2.40. The molecule has 3 nitrogen and oxygen atoms in total. The lowest BCUT2D eigenvalue weighted by molar-refractivity contribution is -0.140. The molecule has 0 unspecified atom stereocenters. The summed E-state index contributed by atoms with van der Waals surface area (Å²) < 4.78 is 4.65. The van der Waals surface area contributed by atoms with Crippen molar-refractivity contribution in [2.75, 3.05) is 20.7 Å². The van der Waals surface area contributed by atoms with Crippen LogP contribution in [0.3, 0.4) is 0 Å². The van der Waals surface area contributed by atoms with Crippen molar-refractivity contribution in [3.63, 3.8) is 0 Å². The highest BCUT2D eigenvalue weighted by atomic mass is 16.5. The smallest absolute Gasteiger partial charge is 0.306 e. The Morgan fingerprint density at radius 2 is 2.12 bits per heavy atom. The molecule has 0 aromatic heterocycles. The Bertz CT molecular complexity index is 377. The van der Waals surface area contributed by atoms with Crippen molar-refractivity contribution in [1.29, 1.82) is 0 Å². The second-order valence-corrected chi connectivity index (χ2v) is 4.63. The molecule has 1 saturated carbocycles. The molecule has 1 aliphatic carbocycles. The zero-order valence-corrected chi connectivity index (χ0v) is 10.4. The lowest BCUT2D eigenvalue weighted by Gasteiger charge is -2.15. The predicted molar refractivity (Wildman–Crippen MR) is 66.9 cm³/mol. The van der Waals surface area contributed by atoms with E-state index in [4.69, 9.17) is 0 Å². The van der Waals surface area contributed by atoms with Gasteiger partial charge < -0.3 is 9.64 Å². The number of nitrogens with zero attached hydrogens (tertiary/aromatic N) is 1. The molecular formula is C14H19NO2. The van der Waals surface area contributed by atoms with Crippen LogP contribution in [0.4, 0.5) is 0 Å². The monoisotopic (exact) mass is 233 g/mol. The number of rotatable bonds is 5. The van der Waals surface area contributed by atoms with E-state index in [0.717, 1.165) is 6.54 Å². The molecule has 0 heterocycles. The third-order valence-electron chi connectivity index (χ3n) is 3.45. The van der Waals surface area contributed by atoms with E-state index in [2.05, 4.69) is 40.9 Å². The number of methoxy groups -OCH3 is 1. The summed E-state index contributed by atoms with van der Waals surface area (Å²) in [6, 6.07) is 11.2. The molecule has 1 aliphatic rings. The molecule has 92 valence electrons. The number of carbonyl (C=O) groups excluding carboxylic acids is 1. The lowest BCUT2D eigenvalue weighted by atomic mass is 10.1. The number of likely N-dealkylation sites (N-methyl/N-ethyl adjacent to an activating group) is 1. The van der Waals surface area contributed by atoms with Gasteiger partial charge >= 0.3 is 5.97 Å². The Kier molecular flexibility index (Phi) is 3.79. The highest BCUT2D eigenvalue weighted by molar-refractivity contribution is 5.69. The fraction of sp³-hybridized carbons (Fsp3) is 0.500. The van der Waals surface area contributed by atoms with Crippen LogP contribution in [0.25, 0.3) is 0 Å². The van der Waals surface area contributed by atoms with Gasteiger partial charge in [0.1, 0.15) is 0 Å². The summed E-state index contributed by atoms with van der Waals surface area (Å²) in [7, 11) is 3.52. The zero-order chi connectivity index (χ0) is 12.3. The van der Waals surface area contributed by atoms with Crippen molar-refractivity contribution in [3.8, 4) is 0 Å². The molecule has 1 aromatic carbocycles. The van der Waals surface area contributed by atoms with Crippen LogP contribution < -0.4 is 0 Å². The third kappa shape index (κ3) is 3.07. The minimum atomic E-state index is -0.131. The van der Waals surface area contributed by atoms with E-state index in [1.165, 1.54) is 19.1 Å². The average Bonchev–Trinajstić information content (AvgIpc) is 3.17. The van der Waals surface area contributed by atoms with Crippen molar-refractivity contribution >= 4 is 5.97 Å². The Balaban J connectivity index is 1.80. The second kappa shape index (κ2) is 5.32. The first-order chi connectivity index (χ1) is 8.22. The second-order valence-electron chi connectivity index (χ2n) is 4.63. The number of hydrogen-bond donors (Lipinski definition) is 0. The molecule has 3 heteroatoms. The normalized spacial score (nSPS) is 22.5. The molecule has 0 aliphatic heterocycles. The first-order valence-electron chi connectivity index (χ1n) is 6.04. The molecule has 0 amide bonds. The summed E-state index contributed by atoms with van der Waals surface area (Å²) >= 11 is 0. The van der Waals surface area contributed by atoms with E-state index in [1.807, 2.05) is 6.07 Å². The minimum absolute atomic E-state index is 0.131.